The van der Waals surface area contributed by atoms with Gasteiger partial charge in [0.05, 0.1) is 10.6 Å². The zero-order chi connectivity index (χ0) is 29.6. The van der Waals surface area contributed by atoms with Gasteiger partial charge in [-0.05, 0) is 66.1 Å². The summed E-state index contributed by atoms with van der Waals surface area (Å²) in [5.74, 6) is -1.03. The summed E-state index contributed by atoms with van der Waals surface area (Å²) in [6.07, 6.45) is -2.83. The number of carbonyl (C=O) groups excluding carboxylic acids is 3. The fourth-order valence-electron chi connectivity index (χ4n) is 3.84. The van der Waals surface area contributed by atoms with E-state index in [0.29, 0.717) is 22.4 Å². The lowest BCUT2D eigenvalue weighted by molar-refractivity contribution is -0.128. The summed E-state index contributed by atoms with van der Waals surface area (Å²) in [6, 6.07) is 14.6. The van der Waals surface area contributed by atoms with Crippen molar-refractivity contribution in [3.63, 3.8) is 0 Å². The lowest BCUT2D eigenvalue weighted by Gasteiger charge is -2.19. The van der Waals surface area contributed by atoms with Crippen molar-refractivity contribution >= 4 is 50.8 Å². The summed E-state index contributed by atoms with van der Waals surface area (Å²) in [5.41, 5.74) is 2.10. The third-order valence-corrected chi connectivity index (χ3v) is 6.89. The van der Waals surface area contributed by atoms with Crippen LogP contribution in [0.15, 0.2) is 59.1 Å². The van der Waals surface area contributed by atoms with Gasteiger partial charge in [-0.25, -0.2) is 8.78 Å². The van der Waals surface area contributed by atoms with E-state index in [0.717, 1.165) is 10.0 Å². The summed E-state index contributed by atoms with van der Waals surface area (Å²) < 4.78 is 31.7. The molecule has 3 aromatic rings. The molecule has 0 unspecified atom stereocenters. The molecule has 6 nitrogen and oxygen atoms in total. The largest absolute Gasteiger partial charge is 0.487 e. The van der Waals surface area contributed by atoms with E-state index >= 15 is 0 Å². The number of hydrogen-bond donors (Lipinski definition) is 2. The van der Waals surface area contributed by atoms with Gasteiger partial charge >= 0.3 is 0 Å². The Bertz CT molecular complexity index is 1410. The topological polar surface area (TPSA) is 84.5 Å². The minimum absolute atomic E-state index is 0.00957. The molecule has 2 N–H and O–H groups in total. The summed E-state index contributed by atoms with van der Waals surface area (Å²) >= 11 is 9.74. The van der Waals surface area contributed by atoms with Crippen molar-refractivity contribution in [1.29, 1.82) is 0 Å². The smallest absolute Gasteiger partial charge is 0.272 e. The minimum atomic E-state index is -2.73. The third kappa shape index (κ3) is 8.35. The average Bonchev–Trinajstić information content (AvgIpc) is 2.88. The number of carbonyl (C=O) groups is 3. The van der Waals surface area contributed by atoms with Crippen molar-refractivity contribution in [2.24, 2.45) is 5.41 Å². The highest BCUT2D eigenvalue weighted by Crippen LogP contribution is 2.28. The molecule has 0 aliphatic carbocycles. The van der Waals surface area contributed by atoms with Crippen molar-refractivity contribution in [3.8, 4) is 5.75 Å². The van der Waals surface area contributed by atoms with E-state index in [-0.39, 0.29) is 41.0 Å². The van der Waals surface area contributed by atoms with Crippen LogP contribution in [0.3, 0.4) is 0 Å². The third-order valence-electron chi connectivity index (χ3n) is 6.05. The first kappa shape index (κ1) is 31.2. The zero-order valence-corrected chi connectivity index (χ0v) is 24.9. The van der Waals surface area contributed by atoms with Gasteiger partial charge in [-0.3, -0.25) is 14.4 Å². The first-order valence-corrected chi connectivity index (χ1v) is 13.6. The lowest BCUT2D eigenvalue weighted by Crippen LogP contribution is -2.34. The van der Waals surface area contributed by atoms with Crippen molar-refractivity contribution < 1.29 is 27.9 Å². The van der Waals surface area contributed by atoms with Gasteiger partial charge in [0.25, 0.3) is 12.3 Å². The van der Waals surface area contributed by atoms with Crippen LogP contribution >= 0.6 is 27.5 Å². The highest BCUT2D eigenvalue weighted by atomic mass is 79.9. The van der Waals surface area contributed by atoms with E-state index in [4.69, 9.17) is 16.3 Å². The van der Waals surface area contributed by atoms with Crippen LogP contribution < -0.4 is 15.4 Å². The van der Waals surface area contributed by atoms with Crippen LogP contribution in [-0.2, 0) is 17.8 Å². The molecule has 3 rings (SSSR count). The molecular weight excluding hydrogens is 606 g/mol. The Morgan fingerprint density at radius 2 is 1.70 bits per heavy atom. The van der Waals surface area contributed by atoms with Crippen LogP contribution in [-0.4, -0.2) is 30.6 Å². The van der Waals surface area contributed by atoms with Crippen LogP contribution in [0.5, 0.6) is 5.75 Å². The molecule has 2 amide bonds. The van der Waals surface area contributed by atoms with Crippen molar-refractivity contribution in [3.05, 3.63) is 91.9 Å². The number of ketones is 1. The summed E-state index contributed by atoms with van der Waals surface area (Å²) in [6.45, 7) is 6.53. The molecule has 0 atom stereocenters. The fourth-order valence-corrected chi connectivity index (χ4v) is 4.42. The number of hydrogen-bond acceptors (Lipinski definition) is 4. The molecule has 0 saturated carbocycles. The van der Waals surface area contributed by atoms with Gasteiger partial charge < -0.3 is 15.4 Å². The number of benzene rings is 3. The monoisotopic (exact) mass is 634 g/mol. The number of anilines is 1. The second-order valence-corrected chi connectivity index (χ2v) is 11.6. The number of ether oxygens (including phenoxy) is 1. The van der Waals surface area contributed by atoms with Crippen LogP contribution in [0.1, 0.15) is 58.2 Å². The van der Waals surface area contributed by atoms with E-state index in [9.17, 15) is 23.2 Å². The van der Waals surface area contributed by atoms with Gasteiger partial charge in [0, 0.05) is 34.1 Å². The van der Waals surface area contributed by atoms with Gasteiger partial charge in [0.2, 0.25) is 5.91 Å². The molecule has 0 fully saturated rings. The minimum Gasteiger partial charge on any atom is -0.487 e. The van der Waals surface area contributed by atoms with Gasteiger partial charge in [0.15, 0.2) is 5.78 Å². The van der Waals surface area contributed by atoms with E-state index < -0.39 is 24.4 Å². The van der Waals surface area contributed by atoms with Crippen molar-refractivity contribution in [2.45, 2.75) is 47.1 Å². The maximum absolute atomic E-state index is 13.4. The Labute approximate surface area is 245 Å². The van der Waals surface area contributed by atoms with E-state index in [1.807, 2.05) is 20.8 Å². The van der Waals surface area contributed by atoms with E-state index in [1.54, 1.807) is 49.4 Å². The summed E-state index contributed by atoms with van der Waals surface area (Å²) in [4.78, 5) is 38.8. The van der Waals surface area contributed by atoms with Gasteiger partial charge in [-0.15, -0.1) is 0 Å². The number of rotatable bonds is 10. The van der Waals surface area contributed by atoms with Gasteiger partial charge in [0.1, 0.15) is 12.4 Å². The number of halogens is 4. The standard InChI is InChI=1S/C30H30BrClF2N2O4/c1-17-19(15-35-29(39)30(2,3)4)6-11-23(32)27(17)24(37)14-18-5-12-25(40-16-26(33)34)22(13-18)28(38)36-21-9-7-20(31)8-10-21/h5-13,26H,14-16H2,1-4H3,(H,35,39)(H,36,38). The van der Waals surface area contributed by atoms with Crippen molar-refractivity contribution in [1.82, 2.24) is 5.32 Å². The van der Waals surface area contributed by atoms with Crippen LogP contribution in [0.2, 0.25) is 5.02 Å². The zero-order valence-electron chi connectivity index (χ0n) is 22.5. The molecule has 40 heavy (non-hydrogen) atoms. The number of Topliss-reactive ketones (excluding diaryl/α,β-unsaturated/α-hetero) is 1. The molecule has 0 bridgehead atoms. The molecule has 212 valence electrons. The lowest BCUT2D eigenvalue weighted by atomic mass is 9.93. The quantitative estimate of drug-likeness (QED) is 0.228. The Balaban J connectivity index is 1.87. The van der Waals surface area contributed by atoms with Gasteiger partial charge in [-0.1, -0.05) is 60.4 Å². The molecule has 0 aliphatic heterocycles. The maximum Gasteiger partial charge on any atom is 0.272 e. The van der Waals surface area contributed by atoms with Crippen LogP contribution in [0.25, 0.3) is 0 Å². The second kappa shape index (κ2) is 13.4. The predicted molar refractivity (Wildman–Crippen MR) is 156 cm³/mol. The molecular formula is C30H30BrClF2N2O4. The Morgan fingerprint density at radius 3 is 2.33 bits per heavy atom. The number of alkyl halides is 2. The second-order valence-electron chi connectivity index (χ2n) is 10.2. The summed E-state index contributed by atoms with van der Waals surface area (Å²) in [5, 5.41) is 5.86. The predicted octanol–water partition coefficient (Wildman–Crippen LogP) is 7.39. The van der Waals surface area contributed by atoms with Crippen LogP contribution in [0.4, 0.5) is 14.5 Å². The molecule has 0 saturated heterocycles. The van der Waals surface area contributed by atoms with E-state index in [2.05, 4.69) is 26.6 Å². The molecule has 0 aromatic heterocycles. The van der Waals surface area contributed by atoms with E-state index in [1.165, 1.54) is 12.1 Å². The fraction of sp³-hybridized carbons (Fsp3) is 0.300. The van der Waals surface area contributed by atoms with Crippen LogP contribution in [0, 0.1) is 12.3 Å². The first-order chi connectivity index (χ1) is 18.8. The molecule has 0 radical (unpaired) electrons. The maximum atomic E-state index is 13.4. The first-order valence-electron chi connectivity index (χ1n) is 12.5. The number of nitrogens with one attached hydrogen (secondary N) is 2. The average molecular weight is 636 g/mol. The Kier molecular flexibility index (Phi) is 10.4. The normalized spacial score (nSPS) is 11.3. The Hall–Kier alpha value is -3.30. The molecule has 0 heterocycles. The summed E-state index contributed by atoms with van der Waals surface area (Å²) in [7, 11) is 0. The molecule has 3 aromatic carbocycles. The van der Waals surface area contributed by atoms with Gasteiger partial charge in [-0.2, -0.15) is 0 Å². The molecule has 0 spiro atoms. The van der Waals surface area contributed by atoms with Crippen molar-refractivity contribution in [2.75, 3.05) is 11.9 Å². The highest BCUT2D eigenvalue weighted by Gasteiger charge is 2.23. The molecule has 0 aliphatic rings. The Morgan fingerprint density at radius 1 is 1.02 bits per heavy atom. The molecule has 10 heteroatoms. The highest BCUT2D eigenvalue weighted by molar-refractivity contribution is 9.10. The number of amides is 2. The SMILES string of the molecule is Cc1c(CNC(=O)C(C)(C)C)ccc(Cl)c1C(=O)Cc1ccc(OCC(F)F)c(C(=O)Nc2ccc(Br)cc2)c1.